The molecule has 16 heavy (non-hydrogen) atoms. The van der Waals surface area contributed by atoms with Crippen LogP contribution in [0, 0.1) is 0 Å². The maximum atomic E-state index is 11.9. The van der Waals surface area contributed by atoms with E-state index >= 15 is 0 Å². The van der Waals surface area contributed by atoms with E-state index in [0.29, 0.717) is 0 Å². The zero-order chi connectivity index (χ0) is 12.1. The van der Waals surface area contributed by atoms with Crippen LogP contribution in [0.1, 0.15) is 10.4 Å². The molecular formula is C10H11F2NO3. The lowest BCUT2D eigenvalue weighted by Gasteiger charge is -2.10. The Bertz CT molecular complexity index is 354. The van der Waals surface area contributed by atoms with Crippen LogP contribution in [0.15, 0.2) is 24.3 Å². The van der Waals surface area contributed by atoms with E-state index in [9.17, 15) is 13.6 Å². The summed E-state index contributed by atoms with van der Waals surface area (Å²) < 4.78 is 23.8. The van der Waals surface area contributed by atoms with Gasteiger partial charge in [-0.05, 0) is 24.3 Å². The van der Waals surface area contributed by atoms with Crippen LogP contribution >= 0.6 is 0 Å². The summed E-state index contributed by atoms with van der Waals surface area (Å²) in [6.45, 7) is -0.516. The molecule has 0 aliphatic rings. The highest BCUT2D eigenvalue weighted by atomic mass is 19.3. The Labute approximate surface area is 90.5 Å². The van der Waals surface area contributed by atoms with Crippen molar-refractivity contribution in [1.82, 2.24) is 5.32 Å². The molecule has 0 bridgehead atoms. The third kappa shape index (κ3) is 3.47. The Morgan fingerprint density at radius 3 is 2.38 bits per heavy atom. The van der Waals surface area contributed by atoms with E-state index in [4.69, 9.17) is 10.2 Å². The van der Waals surface area contributed by atoms with Crippen LogP contribution in [0.25, 0.3) is 0 Å². The van der Waals surface area contributed by atoms with E-state index in [1.807, 2.05) is 0 Å². The smallest absolute Gasteiger partial charge is 0.265 e. The van der Waals surface area contributed by atoms with Gasteiger partial charge in [0.2, 0.25) is 0 Å². The van der Waals surface area contributed by atoms with Gasteiger partial charge in [0.05, 0.1) is 0 Å². The molecule has 0 spiro atoms. The summed E-state index contributed by atoms with van der Waals surface area (Å²) in [5.41, 5.74) is 0.222. The molecule has 1 rings (SSSR count). The van der Waals surface area contributed by atoms with Gasteiger partial charge in [-0.15, -0.1) is 0 Å². The lowest BCUT2D eigenvalue weighted by atomic mass is 10.2. The number of aliphatic hydroxyl groups excluding tert-OH is 1. The minimum absolute atomic E-state index is 0.00386. The van der Waals surface area contributed by atoms with Crippen LogP contribution in [0.2, 0.25) is 0 Å². The molecule has 0 saturated carbocycles. The van der Waals surface area contributed by atoms with Crippen molar-refractivity contribution in [2.24, 2.45) is 0 Å². The topological polar surface area (TPSA) is 69.6 Å². The van der Waals surface area contributed by atoms with E-state index in [0.717, 1.165) is 0 Å². The number of phenolic OH excluding ortho intramolecular Hbond substituents is 1. The van der Waals surface area contributed by atoms with Crippen LogP contribution in [0.5, 0.6) is 5.75 Å². The summed E-state index contributed by atoms with van der Waals surface area (Å²) in [6, 6.07) is 5.30. The molecule has 0 saturated heterocycles. The lowest BCUT2D eigenvalue weighted by Crippen LogP contribution is -2.35. The Balaban J connectivity index is 2.50. The summed E-state index contributed by atoms with van der Waals surface area (Å²) in [4.78, 5) is 11.3. The van der Waals surface area contributed by atoms with Crippen LogP contribution in [0.4, 0.5) is 8.78 Å². The number of alkyl halides is 2. The summed E-state index contributed by atoms with van der Waals surface area (Å²) in [5.74, 6) is -0.580. The third-order valence-electron chi connectivity index (χ3n) is 1.89. The van der Waals surface area contributed by atoms with Crippen LogP contribution in [-0.4, -0.2) is 35.2 Å². The molecule has 0 fully saturated rings. The van der Waals surface area contributed by atoms with Crippen molar-refractivity contribution in [2.75, 3.05) is 6.54 Å². The van der Waals surface area contributed by atoms with Gasteiger partial charge in [0, 0.05) is 12.1 Å². The number of hydrogen-bond donors (Lipinski definition) is 3. The van der Waals surface area contributed by atoms with Gasteiger partial charge in [0.1, 0.15) is 11.9 Å². The molecule has 0 aliphatic heterocycles. The van der Waals surface area contributed by atoms with Crippen LogP contribution in [0.3, 0.4) is 0 Å². The molecule has 0 aliphatic carbocycles. The third-order valence-corrected chi connectivity index (χ3v) is 1.89. The zero-order valence-electron chi connectivity index (χ0n) is 8.23. The van der Waals surface area contributed by atoms with Gasteiger partial charge in [-0.2, -0.15) is 0 Å². The first-order chi connectivity index (χ1) is 7.50. The van der Waals surface area contributed by atoms with Crippen molar-refractivity contribution in [3.63, 3.8) is 0 Å². The van der Waals surface area contributed by atoms with Crippen LogP contribution in [-0.2, 0) is 0 Å². The van der Waals surface area contributed by atoms with Gasteiger partial charge >= 0.3 is 0 Å². The SMILES string of the molecule is O=C(NCC(O)C(F)F)c1ccc(O)cc1. The minimum atomic E-state index is -2.89. The summed E-state index contributed by atoms with van der Waals surface area (Å²) >= 11 is 0. The fourth-order valence-electron chi connectivity index (χ4n) is 1.00. The fourth-order valence-corrected chi connectivity index (χ4v) is 1.00. The summed E-state index contributed by atoms with van der Waals surface area (Å²) in [6.07, 6.45) is -4.76. The average Bonchev–Trinajstić information content (AvgIpc) is 2.26. The van der Waals surface area contributed by atoms with E-state index in [-0.39, 0.29) is 11.3 Å². The Morgan fingerprint density at radius 1 is 1.31 bits per heavy atom. The molecule has 1 aromatic carbocycles. The monoisotopic (exact) mass is 231 g/mol. The molecule has 1 unspecified atom stereocenters. The molecular weight excluding hydrogens is 220 g/mol. The minimum Gasteiger partial charge on any atom is -0.508 e. The quantitative estimate of drug-likeness (QED) is 0.716. The summed E-state index contributed by atoms with van der Waals surface area (Å²) in [5, 5.41) is 19.9. The second-order valence-corrected chi connectivity index (χ2v) is 3.16. The predicted molar refractivity (Wildman–Crippen MR) is 52.5 cm³/mol. The molecule has 3 N–H and O–H groups in total. The van der Waals surface area contributed by atoms with E-state index in [2.05, 4.69) is 5.32 Å². The number of aliphatic hydroxyl groups is 1. The number of rotatable bonds is 4. The molecule has 6 heteroatoms. The predicted octanol–water partition coefficient (Wildman–Crippen LogP) is 0.748. The second kappa shape index (κ2) is 5.41. The van der Waals surface area contributed by atoms with E-state index < -0.39 is 25.0 Å². The van der Waals surface area contributed by atoms with Gasteiger partial charge in [-0.25, -0.2) is 8.78 Å². The molecule has 0 radical (unpaired) electrons. The van der Waals surface area contributed by atoms with Crippen LogP contribution < -0.4 is 5.32 Å². The van der Waals surface area contributed by atoms with Crippen molar-refractivity contribution >= 4 is 5.91 Å². The molecule has 1 aromatic rings. The molecule has 0 aromatic heterocycles. The van der Waals surface area contributed by atoms with Gasteiger partial charge in [0.25, 0.3) is 12.3 Å². The maximum absolute atomic E-state index is 11.9. The first kappa shape index (κ1) is 12.4. The van der Waals surface area contributed by atoms with Gasteiger partial charge in [-0.1, -0.05) is 0 Å². The normalized spacial score (nSPS) is 12.5. The zero-order valence-corrected chi connectivity index (χ0v) is 8.23. The second-order valence-electron chi connectivity index (χ2n) is 3.16. The number of benzene rings is 1. The fraction of sp³-hybridized carbons (Fsp3) is 0.300. The number of aromatic hydroxyl groups is 1. The Kier molecular flexibility index (Phi) is 4.19. The first-order valence-corrected chi connectivity index (χ1v) is 4.54. The largest absolute Gasteiger partial charge is 0.508 e. The first-order valence-electron chi connectivity index (χ1n) is 4.54. The highest BCUT2D eigenvalue weighted by molar-refractivity contribution is 5.94. The molecule has 4 nitrogen and oxygen atoms in total. The van der Waals surface area contributed by atoms with Crippen molar-refractivity contribution in [3.8, 4) is 5.75 Å². The number of halogens is 2. The van der Waals surface area contributed by atoms with Gasteiger partial charge in [0.15, 0.2) is 0 Å². The van der Waals surface area contributed by atoms with Gasteiger partial charge in [-0.3, -0.25) is 4.79 Å². The highest BCUT2D eigenvalue weighted by Gasteiger charge is 2.17. The number of carbonyl (C=O) groups excluding carboxylic acids is 1. The van der Waals surface area contributed by atoms with E-state index in [1.165, 1.54) is 24.3 Å². The Hall–Kier alpha value is -1.69. The standard InChI is InChI=1S/C10H11F2NO3/c11-9(12)8(15)5-13-10(16)6-1-3-7(14)4-2-6/h1-4,8-9,14-15H,5H2,(H,13,16). The van der Waals surface area contributed by atoms with E-state index in [1.54, 1.807) is 0 Å². The molecule has 1 atom stereocenters. The number of phenols is 1. The number of nitrogens with one attached hydrogen (secondary N) is 1. The summed E-state index contributed by atoms with van der Waals surface area (Å²) in [7, 11) is 0. The van der Waals surface area contributed by atoms with Crippen molar-refractivity contribution in [2.45, 2.75) is 12.5 Å². The van der Waals surface area contributed by atoms with Gasteiger partial charge < -0.3 is 15.5 Å². The maximum Gasteiger partial charge on any atom is 0.265 e. The van der Waals surface area contributed by atoms with Crippen molar-refractivity contribution < 1.29 is 23.8 Å². The number of hydrogen-bond acceptors (Lipinski definition) is 3. The number of carbonyl (C=O) groups is 1. The average molecular weight is 231 g/mol. The highest BCUT2D eigenvalue weighted by Crippen LogP contribution is 2.09. The Morgan fingerprint density at radius 2 is 1.88 bits per heavy atom. The molecule has 88 valence electrons. The molecule has 1 amide bonds. The van der Waals surface area contributed by atoms with Crippen molar-refractivity contribution in [1.29, 1.82) is 0 Å². The lowest BCUT2D eigenvalue weighted by molar-refractivity contribution is -0.00270. The van der Waals surface area contributed by atoms with Crippen molar-refractivity contribution in [3.05, 3.63) is 29.8 Å². The number of amides is 1. The molecule has 0 heterocycles.